The third kappa shape index (κ3) is 4.20. The molecule has 7 nitrogen and oxygen atoms in total. The average molecular weight is 370 g/mol. The summed E-state index contributed by atoms with van der Waals surface area (Å²) in [5.74, 6) is 0.437. The van der Waals surface area contributed by atoms with Crippen LogP contribution in [-0.4, -0.2) is 23.8 Å². The first-order valence-electron chi connectivity index (χ1n) is 8.33. The van der Waals surface area contributed by atoms with Crippen LogP contribution < -0.4 is 14.9 Å². The molecule has 0 aliphatic rings. The van der Waals surface area contributed by atoms with Gasteiger partial charge >= 0.3 is 5.97 Å². The molecule has 0 unspecified atom stereocenters. The summed E-state index contributed by atoms with van der Waals surface area (Å²) in [6, 6.07) is 10.7. The molecule has 2 aromatic carbocycles. The maximum atomic E-state index is 12.5. The molecule has 1 heterocycles. The number of ether oxygens (including phenoxy) is 3. The number of benzene rings is 2. The largest absolute Gasteiger partial charge is 0.508 e. The van der Waals surface area contributed by atoms with E-state index in [2.05, 4.69) is 0 Å². The van der Waals surface area contributed by atoms with E-state index in [4.69, 9.17) is 18.6 Å². The number of esters is 1. The van der Waals surface area contributed by atoms with E-state index in [0.717, 1.165) is 0 Å². The highest BCUT2D eigenvalue weighted by Gasteiger charge is 2.16. The number of hydrogen-bond acceptors (Lipinski definition) is 7. The minimum absolute atomic E-state index is 0.00644. The fourth-order valence-electron chi connectivity index (χ4n) is 2.39. The van der Waals surface area contributed by atoms with Gasteiger partial charge in [0.25, 0.3) is 0 Å². The highest BCUT2D eigenvalue weighted by molar-refractivity contribution is 5.79. The molecule has 0 spiro atoms. The van der Waals surface area contributed by atoms with Crippen LogP contribution in [0.1, 0.15) is 13.8 Å². The van der Waals surface area contributed by atoms with E-state index in [1.165, 1.54) is 24.5 Å². The number of rotatable bonds is 6. The number of fused-ring (bicyclic) bond motifs is 1. The third-order valence-corrected chi connectivity index (χ3v) is 3.71. The van der Waals surface area contributed by atoms with E-state index in [1.807, 2.05) is 0 Å². The van der Waals surface area contributed by atoms with Gasteiger partial charge < -0.3 is 23.7 Å². The standard InChI is InChI=1S/C20H18O7/c1-3-24-20(23)12(2)26-14-5-7-15(8-6-14)27-18-11-25-17-10-13(21)4-9-16(17)19(18)22/h4-12,21H,3H2,1-2H3/t12-/m0/s1. The van der Waals surface area contributed by atoms with Crippen molar-refractivity contribution < 1.29 is 28.5 Å². The van der Waals surface area contributed by atoms with Crippen LogP contribution in [0.2, 0.25) is 0 Å². The molecule has 0 saturated carbocycles. The SMILES string of the molecule is CCOC(=O)[C@H](C)Oc1ccc(Oc2coc3cc(O)ccc3c2=O)cc1. The predicted molar refractivity (Wildman–Crippen MR) is 97.4 cm³/mol. The number of aromatic hydroxyl groups is 1. The summed E-state index contributed by atoms with van der Waals surface area (Å²) < 4.78 is 21.3. The van der Waals surface area contributed by atoms with Gasteiger partial charge in [0.1, 0.15) is 29.1 Å². The molecule has 27 heavy (non-hydrogen) atoms. The van der Waals surface area contributed by atoms with Crippen LogP contribution in [-0.2, 0) is 9.53 Å². The van der Waals surface area contributed by atoms with Crippen LogP contribution in [0, 0.1) is 0 Å². The second-order valence-corrected chi connectivity index (χ2v) is 5.70. The molecule has 0 aliphatic carbocycles. The Labute approximate surface area is 154 Å². The van der Waals surface area contributed by atoms with Crippen molar-refractivity contribution in [2.45, 2.75) is 20.0 Å². The minimum Gasteiger partial charge on any atom is -0.508 e. The molecule has 3 aromatic rings. The van der Waals surface area contributed by atoms with Crippen molar-refractivity contribution in [2.75, 3.05) is 6.61 Å². The van der Waals surface area contributed by atoms with Crippen LogP contribution in [0.3, 0.4) is 0 Å². The van der Waals surface area contributed by atoms with Gasteiger partial charge in [-0.2, -0.15) is 0 Å². The van der Waals surface area contributed by atoms with Gasteiger partial charge in [0.05, 0.1) is 12.0 Å². The molecule has 0 saturated heterocycles. The number of carbonyl (C=O) groups is 1. The van der Waals surface area contributed by atoms with Crippen molar-refractivity contribution >= 4 is 16.9 Å². The van der Waals surface area contributed by atoms with Gasteiger partial charge in [-0.1, -0.05) is 0 Å². The molecule has 7 heteroatoms. The molecular weight excluding hydrogens is 352 g/mol. The van der Waals surface area contributed by atoms with Crippen LogP contribution in [0.15, 0.2) is 57.9 Å². The van der Waals surface area contributed by atoms with Gasteiger partial charge in [-0.15, -0.1) is 0 Å². The highest BCUT2D eigenvalue weighted by Crippen LogP contribution is 2.25. The Morgan fingerprint density at radius 1 is 1.15 bits per heavy atom. The normalized spacial score (nSPS) is 11.8. The smallest absolute Gasteiger partial charge is 0.347 e. The topological polar surface area (TPSA) is 95.2 Å². The van der Waals surface area contributed by atoms with E-state index >= 15 is 0 Å². The fraction of sp³-hybridized carbons (Fsp3) is 0.200. The zero-order valence-corrected chi connectivity index (χ0v) is 14.8. The van der Waals surface area contributed by atoms with Gasteiger partial charge in [0, 0.05) is 6.07 Å². The Morgan fingerprint density at radius 3 is 2.56 bits per heavy atom. The zero-order valence-electron chi connectivity index (χ0n) is 14.8. The summed E-state index contributed by atoms with van der Waals surface area (Å²) in [7, 11) is 0. The summed E-state index contributed by atoms with van der Waals surface area (Å²) in [5, 5.41) is 9.74. The van der Waals surface area contributed by atoms with Crippen molar-refractivity contribution in [3.05, 3.63) is 59.0 Å². The van der Waals surface area contributed by atoms with Crippen LogP contribution in [0.25, 0.3) is 11.0 Å². The van der Waals surface area contributed by atoms with Crippen LogP contribution >= 0.6 is 0 Å². The number of phenolic OH excluding ortho intramolecular Hbond substituents is 1. The second kappa shape index (κ2) is 7.82. The van der Waals surface area contributed by atoms with Gasteiger partial charge in [0.2, 0.25) is 11.2 Å². The number of phenols is 1. The van der Waals surface area contributed by atoms with E-state index in [9.17, 15) is 14.7 Å². The second-order valence-electron chi connectivity index (χ2n) is 5.70. The molecule has 140 valence electrons. The van der Waals surface area contributed by atoms with E-state index in [-0.39, 0.29) is 29.1 Å². The lowest BCUT2D eigenvalue weighted by atomic mass is 10.2. The maximum Gasteiger partial charge on any atom is 0.347 e. The highest BCUT2D eigenvalue weighted by atomic mass is 16.6. The minimum atomic E-state index is -0.735. The summed E-state index contributed by atoms with van der Waals surface area (Å²) in [4.78, 5) is 24.0. The summed E-state index contributed by atoms with van der Waals surface area (Å²) in [6.45, 7) is 3.61. The fourth-order valence-corrected chi connectivity index (χ4v) is 2.39. The van der Waals surface area contributed by atoms with Crippen molar-refractivity contribution in [3.8, 4) is 23.0 Å². The maximum absolute atomic E-state index is 12.5. The molecule has 0 bridgehead atoms. The first-order valence-corrected chi connectivity index (χ1v) is 8.33. The van der Waals surface area contributed by atoms with Crippen molar-refractivity contribution in [3.63, 3.8) is 0 Å². The van der Waals surface area contributed by atoms with Gasteiger partial charge in [-0.3, -0.25) is 4.79 Å². The Bertz CT molecular complexity index is 1010. The van der Waals surface area contributed by atoms with Crippen LogP contribution in [0.5, 0.6) is 23.0 Å². The van der Waals surface area contributed by atoms with Crippen molar-refractivity contribution in [1.82, 2.24) is 0 Å². The first kappa shape index (κ1) is 18.3. The lowest BCUT2D eigenvalue weighted by Gasteiger charge is -2.13. The molecular formula is C20H18O7. The molecule has 1 N–H and O–H groups in total. The Kier molecular flexibility index (Phi) is 5.30. The van der Waals surface area contributed by atoms with E-state index < -0.39 is 12.1 Å². The van der Waals surface area contributed by atoms with Crippen LogP contribution in [0.4, 0.5) is 0 Å². The predicted octanol–water partition coefficient (Wildman–Crippen LogP) is 3.62. The third-order valence-electron chi connectivity index (χ3n) is 3.71. The molecule has 0 aliphatic heterocycles. The molecule has 3 rings (SSSR count). The molecule has 0 fully saturated rings. The van der Waals surface area contributed by atoms with Gasteiger partial charge in [0.15, 0.2) is 6.10 Å². The summed E-state index contributed by atoms with van der Waals surface area (Å²) in [5.41, 5.74) is -0.0865. The molecule has 1 aromatic heterocycles. The summed E-state index contributed by atoms with van der Waals surface area (Å²) >= 11 is 0. The van der Waals surface area contributed by atoms with Crippen molar-refractivity contribution in [1.29, 1.82) is 0 Å². The van der Waals surface area contributed by atoms with Gasteiger partial charge in [-0.25, -0.2) is 4.79 Å². The Hall–Kier alpha value is -3.48. The van der Waals surface area contributed by atoms with E-state index in [0.29, 0.717) is 16.9 Å². The number of hydrogen-bond donors (Lipinski definition) is 1. The lowest BCUT2D eigenvalue weighted by Crippen LogP contribution is -2.25. The average Bonchev–Trinajstić information content (AvgIpc) is 2.65. The lowest BCUT2D eigenvalue weighted by molar-refractivity contribution is -0.150. The first-order chi connectivity index (χ1) is 13.0. The Morgan fingerprint density at radius 2 is 1.85 bits per heavy atom. The summed E-state index contributed by atoms with van der Waals surface area (Å²) in [6.07, 6.45) is 0.456. The monoisotopic (exact) mass is 370 g/mol. The molecule has 1 atom stereocenters. The molecule has 0 amide bonds. The van der Waals surface area contributed by atoms with Gasteiger partial charge in [-0.05, 0) is 50.2 Å². The molecule has 0 radical (unpaired) electrons. The quantitative estimate of drug-likeness (QED) is 0.662. The Balaban J connectivity index is 1.74. The van der Waals surface area contributed by atoms with Crippen molar-refractivity contribution in [2.24, 2.45) is 0 Å². The van der Waals surface area contributed by atoms with E-state index in [1.54, 1.807) is 38.1 Å². The number of carbonyl (C=O) groups excluding carboxylic acids is 1. The zero-order chi connectivity index (χ0) is 19.4.